The lowest BCUT2D eigenvalue weighted by molar-refractivity contribution is 0.194. The van der Waals surface area contributed by atoms with Crippen LogP contribution in [0.1, 0.15) is 11.1 Å². The Labute approximate surface area is 152 Å². The lowest BCUT2D eigenvalue weighted by atomic mass is 10.0. The number of hydrogen-bond donors (Lipinski definition) is 2. The van der Waals surface area contributed by atoms with E-state index < -0.39 is 17.7 Å². The van der Waals surface area contributed by atoms with Crippen LogP contribution in [0.25, 0.3) is 16.9 Å². The van der Waals surface area contributed by atoms with Crippen LogP contribution in [0.3, 0.4) is 0 Å². The van der Waals surface area contributed by atoms with Crippen molar-refractivity contribution in [1.82, 2.24) is 20.3 Å². The van der Waals surface area contributed by atoms with E-state index in [-0.39, 0.29) is 17.3 Å². The summed E-state index contributed by atoms with van der Waals surface area (Å²) < 4.78 is 29.0. The molecule has 0 aliphatic rings. The molecule has 0 spiro atoms. The summed E-state index contributed by atoms with van der Waals surface area (Å²) in [6.07, 6.45) is 0.253. The van der Waals surface area contributed by atoms with Gasteiger partial charge in [0, 0.05) is 17.1 Å². The van der Waals surface area contributed by atoms with Crippen LogP contribution in [0.15, 0.2) is 36.5 Å². The Morgan fingerprint density at radius 3 is 2.62 bits per heavy atom. The number of aryl methyl sites for hydroxylation is 1. The number of aromatic nitrogens is 3. The van der Waals surface area contributed by atoms with Gasteiger partial charge < -0.3 is 10.4 Å². The van der Waals surface area contributed by atoms with Gasteiger partial charge in [-0.25, -0.2) is 18.3 Å². The smallest absolute Gasteiger partial charge is 0.404 e. The number of benzene rings is 2. The fourth-order valence-corrected chi connectivity index (χ4v) is 2.64. The molecule has 134 valence electrons. The highest BCUT2D eigenvalue weighted by Crippen LogP contribution is 2.25. The van der Waals surface area contributed by atoms with Gasteiger partial charge in [-0.3, -0.25) is 0 Å². The minimum absolute atomic E-state index is 0.0572. The maximum Gasteiger partial charge on any atom is 0.404 e. The second kappa shape index (κ2) is 7.09. The molecule has 2 N–H and O–H groups in total. The minimum atomic E-state index is -1.13. The van der Waals surface area contributed by atoms with Gasteiger partial charge in [0.15, 0.2) is 11.6 Å². The summed E-state index contributed by atoms with van der Waals surface area (Å²) >= 11 is 5.62. The zero-order valence-electron chi connectivity index (χ0n) is 13.5. The van der Waals surface area contributed by atoms with Crippen molar-refractivity contribution in [2.45, 2.75) is 13.5 Å². The summed E-state index contributed by atoms with van der Waals surface area (Å²) in [5, 5.41) is 18.7. The molecular weight excluding hydrogens is 366 g/mol. The summed E-state index contributed by atoms with van der Waals surface area (Å²) in [5.74, 6) is -1.72. The largest absolute Gasteiger partial charge is 0.465 e. The average molecular weight is 379 g/mol. The molecule has 26 heavy (non-hydrogen) atoms. The van der Waals surface area contributed by atoms with Crippen molar-refractivity contribution in [3.05, 3.63) is 64.3 Å². The van der Waals surface area contributed by atoms with E-state index in [0.717, 1.165) is 27.9 Å². The fraction of sp³-hybridized carbons (Fsp3) is 0.118. The molecule has 0 unspecified atom stereocenters. The molecule has 0 bridgehead atoms. The van der Waals surface area contributed by atoms with Crippen molar-refractivity contribution in [2.75, 3.05) is 0 Å². The number of hydrogen-bond acceptors (Lipinski definition) is 3. The molecule has 2 aromatic carbocycles. The third-order valence-corrected chi connectivity index (χ3v) is 4.00. The number of amides is 1. The van der Waals surface area contributed by atoms with Gasteiger partial charge in [-0.1, -0.05) is 28.9 Å². The van der Waals surface area contributed by atoms with Crippen molar-refractivity contribution in [2.24, 2.45) is 0 Å². The Hall–Kier alpha value is -3.00. The zero-order chi connectivity index (χ0) is 18.8. The first kappa shape index (κ1) is 17.8. The average Bonchev–Trinajstić information content (AvgIpc) is 3.02. The normalized spacial score (nSPS) is 10.8. The molecule has 0 radical (unpaired) electrons. The Morgan fingerprint density at radius 2 is 1.96 bits per heavy atom. The van der Waals surface area contributed by atoms with E-state index in [2.05, 4.69) is 15.6 Å². The Balaban J connectivity index is 1.96. The first-order valence-electron chi connectivity index (χ1n) is 7.49. The first-order valence-corrected chi connectivity index (χ1v) is 7.87. The summed E-state index contributed by atoms with van der Waals surface area (Å²) in [6.45, 7) is 1.97. The molecule has 9 heteroatoms. The van der Waals surface area contributed by atoms with Crippen LogP contribution in [-0.4, -0.2) is 26.2 Å². The molecule has 0 saturated heterocycles. The number of carbonyl (C=O) groups is 1. The van der Waals surface area contributed by atoms with Gasteiger partial charge in [-0.2, -0.15) is 0 Å². The molecule has 1 aromatic heterocycles. The highest BCUT2D eigenvalue weighted by Gasteiger charge is 2.16. The molecule has 0 atom stereocenters. The van der Waals surface area contributed by atoms with Crippen molar-refractivity contribution in [3.8, 4) is 16.9 Å². The highest BCUT2D eigenvalue weighted by atomic mass is 35.5. The third-order valence-electron chi connectivity index (χ3n) is 3.78. The molecule has 0 saturated carbocycles. The van der Waals surface area contributed by atoms with E-state index in [1.165, 1.54) is 6.20 Å². The van der Waals surface area contributed by atoms with Gasteiger partial charge in [-0.05, 0) is 36.2 Å². The number of nitrogens with one attached hydrogen (secondary N) is 1. The van der Waals surface area contributed by atoms with Crippen LogP contribution in [-0.2, 0) is 6.54 Å². The van der Waals surface area contributed by atoms with E-state index in [1.54, 1.807) is 18.2 Å². The quantitative estimate of drug-likeness (QED) is 0.720. The number of nitrogens with zero attached hydrogens (tertiary/aromatic N) is 3. The molecule has 0 aliphatic heterocycles. The molecule has 3 aromatic rings. The van der Waals surface area contributed by atoms with Crippen molar-refractivity contribution in [1.29, 1.82) is 0 Å². The molecule has 1 amide bonds. The SMILES string of the molecule is Cc1ccc(-c2cn(-c3c(F)cc(Cl)cc3F)nn2)cc1CNC(=O)O. The molecule has 0 aliphatic carbocycles. The maximum absolute atomic E-state index is 14.0. The van der Waals surface area contributed by atoms with Gasteiger partial charge >= 0.3 is 6.09 Å². The van der Waals surface area contributed by atoms with Gasteiger partial charge in [-0.15, -0.1) is 5.10 Å². The lowest BCUT2D eigenvalue weighted by Crippen LogP contribution is -2.20. The number of rotatable bonds is 4. The Morgan fingerprint density at radius 1 is 1.27 bits per heavy atom. The van der Waals surface area contributed by atoms with E-state index in [0.29, 0.717) is 11.3 Å². The van der Waals surface area contributed by atoms with Crippen molar-refractivity contribution >= 4 is 17.7 Å². The molecule has 6 nitrogen and oxygen atoms in total. The third kappa shape index (κ3) is 3.65. The Bertz CT molecular complexity index is 968. The fourth-order valence-electron chi connectivity index (χ4n) is 2.45. The highest BCUT2D eigenvalue weighted by molar-refractivity contribution is 6.30. The van der Waals surface area contributed by atoms with Crippen LogP contribution in [0.5, 0.6) is 0 Å². The predicted molar refractivity (Wildman–Crippen MR) is 91.3 cm³/mol. The van der Waals surface area contributed by atoms with Crippen LogP contribution in [0.4, 0.5) is 13.6 Å². The summed E-state index contributed by atoms with van der Waals surface area (Å²) in [4.78, 5) is 10.7. The molecular formula is C17H13ClF2N4O2. The first-order chi connectivity index (χ1) is 12.3. The van der Waals surface area contributed by atoms with Crippen LogP contribution >= 0.6 is 11.6 Å². The van der Waals surface area contributed by atoms with Crippen molar-refractivity contribution < 1.29 is 18.7 Å². The standard InChI is InChI=1S/C17H13ClF2N4O2/c1-9-2-3-10(4-11(9)7-21-17(25)26)15-8-24(23-22-15)16-13(19)5-12(18)6-14(16)20/h2-6,8,21H,7H2,1H3,(H,25,26). The van der Waals surface area contributed by atoms with E-state index in [9.17, 15) is 13.6 Å². The minimum Gasteiger partial charge on any atom is -0.465 e. The van der Waals surface area contributed by atoms with Gasteiger partial charge in [0.2, 0.25) is 0 Å². The topological polar surface area (TPSA) is 80.0 Å². The summed E-state index contributed by atoms with van der Waals surface area (Å²) in [5.41, 5.74) is 2.29. The maximum atomic E-state index is 14.0. The molecule has 3 rings (SSSR count). The van der Waals surface area contributed by atoms with Gasteiger partial charge in [0.05, 0.1) is 6.20 Å². The predicted octanol–water partition coefficient (Wildman–Crippen LogP) is 3.94. The monoisotopic (exact) mass is 378 g/mol. The van der Waals surface area contributed by atoms with Crippen LogP contribution in [0, 0.1) is 18.6 Å². The number of halogens is 3. The molecule has 0 fully saturated rings. The van der Waals surface area contributed by atoms with Crippen LogP contribution < -0.4 is 5.32 Å². The van der Waals surface area contributed by atoms with E-state index >= 15 is 0 Å². The molecule has 1 heterocycles. The summed E-state index contributed by atoms with van der Waals surface area (Å²) in [6, 6.07) is 7.29. The van der Waals surface area contributed by atoms with Crippen LogP contribution in [0.2, 0.25) is 5.02 Å². The van der Waals surface area contributed by atoms with Crippen molar-refractivity contribution in [3.63, 3.8) is 0 Å². The number of carboxylic acid groups (broad SMARTS) is 1. The second-order valence-electron chi connectivity index (χ2n) is 5.57. The Kier molecular flexibility index (Phi) is 4.85. The lowest BCUT2D eigenvalue weighted by Gasteiger charge is -2.07. The van der Waals surface area contributed by atoms with E-state index in [1.807, 2.05) is 6.92 Å². The van der Waals surface area contributed by atoms with E-state index in [4.69, 9.17) is 16.7 Å². The van der Waals surface area contributed by atoms with Gasteiger partial charge in [0.1, 0.15) is 11.4 Å². The second-order valence-corrected chi connectivity index (χ2v) is 6.00. The summed E-state index contributed by atoms with van der Waals surface area (Å²) in [7, 11) is 0. The van der Waals surface area contributed by atoms with Gasteiger partial charge in [0.25, 0.3) is 0 Å². The zero-order valence-corrected chi connectivity index (χ0v) is 14.3.